The second-order valence-electron chi connectivity index (χ2n) is 6.69. The Labute approximate surface area is 154 Å². The van der Waals surface area contributed by atoms with Gasteiger partial charge >= 0.3 is 0 Å². The Morgan fingerprint density at radius 3 is 2.50 bits per heavy atom. The van der Waals surface area contributed by atoms with Gasteiger partial charge in [0, 0.05) is 53.2 Å². The van der Waals surface area contributed by atoms with Crippen LogP contribution in [0, 0.1) is 0 Å². The molecule has 1 aromatic carbocycles. The molecule has 3 rings (SSSR count). The quantitative estimate of drug-likeness (QED) is 0.705. The number of sulfonamides is 1. The molecule has 144 valence electrons. The summed E-state index contributed by atoms with van der Waals surface area (Å²) in [5, 5.41) is 0. The molecule has 0 atom stereocenters. The van der Waals surface area contributed by atoms with Crippen LogP contribution < -0.4 is 9.47 Å². The average Bonchev–Trinajstić information content (AvgIpc) is 3.08. The minimum absolute atomic E-state index is 0.0304. The summed E-state index contributed by atoms with van der Waals surface area (Å²) in [5.74, 6) is 1.31. The Kier molecular flexibility index (Phi) is 5.69. The average molecular weight is 383 g/mol. The standard InChI is InChI=1S/C17H25N3O5S/c1-18(2)26(22,23)10-5-17(21)20-8-6-19(7-9-20)12-14-3-4-15-16(11-14)25-13-24-15/h3-4,11H,5-10,12-13H2,1-2H3. The van der Waals surface area contributed by atoms with Gasteiger partial charge in [0.05, 0.1) is 5.75 Å². The van der Waals surface area contributed by atoms with Crippen LogP contribution in [0.5, 0.6) is 11.5 Å². The van der Waals surface area contributed by atoms with Gasteiger partial charge in [-0.2, -0.15) is 0 Å². The van der Waals surface area contributed by atoms with E-state index in [2.05, 4.69) is 4.90 Å². The molecule has 9 heteroatoms. The van der Waals surface area contributed by atoms with Crippen molar-refractivity contribution in [1.82, 2.24) is 14.1 Å². The molecule has 0 unspecified atom stereocenters. The summed E-state index contributed by atoms with van der Waals surface area (Å²) in [5.41, 5.74) is 1.14. The van der Waals surface area contributed by atoms with Crippen molar-refractivity contribution < 1.29 is 22.7 Å². The highest BCUT2D eigenvalue weighted by Gasteiger charge is 2.24. The van der Waals surface area contributed by atoms with E-state index < -0.39 is 10.0 Å². The van der Waals surface area contributed by atoms with Crippen LogP contribution >= 0.6 is 0 Å². The topological polar surface area (TPSA) is 79.4 Å². The number of piperazine rings is 1. The van der Waals surface area contributed by atoms with Gasteiger partial charge in [-0.1, -0.05) is 6.07 Å². The van der Waals surface area contributed by atoms with Gasteiger partial charge in [-0.05, 0) is 17.7 Å². The van der Waals surface area contributed by atoms with E-state index in [1.165, 1.54) is 14.1 Å². The number of rotatable bonds is 6. The van der Waals surface area contributed by atoms with Gasteiger partial charge in [0.1, 0.15) is 0 Å². The number of nitrogens with zero attached hydrogens (tertiary/aromatic N) is 3. The van der Waals surface area contributed by atoms with Crippen molar-refractivity contribution in [3.05, 3.63) is 23.8 Å². The van der Waals surface area contributed by atoms with Crippen LogP contribution in [0.4, 0.5) is 0 Å². The molecule has 0 aliphatic carbocycles. The molecule has 2 aliphatic heterocycles. The van der Waals surface area contributed by atoms with Crippen molar-refractivity contribution in [3.8, 4) is 11.5 Å². The number of hydrogen-bond acceptors (Lipinski definition) is 6. The zero-order valence-electron chi connectivity index (χ0n) is 15.2. The van der Waals surface area contributed by atoms with Crippen molar-refractivity contribution in [1.29, 1.82) is 0 Å². The van der Waals surface area contributed by atoms with Crippen LogP contribution in [0.2, 0.25) is 0 Å². The zero-order chi connectivity index (χ0) is 18.7. The number of carbonyl (C=O) groups is 1. The third-order valence-electron chi connectivity index (χ3n) is 4.70. The predicted molar refractivity (Wildman–Crippen MR) is 96.5 cm³/mol. The lowest BCUT2D eigenvalue weighted by Gasteiger charge is -2.34. The molecule has 1 fully saturated rings. The van der Waals surface area contributed by atoms with E-state index in [1.54, 1.807) is 4.90 Å². The Hall–Kier alpha value is -1.84. The summed E-state index contributed by atoms with van der Waals surface area (Å²) in [6.07, 6.45) is 0.0304. The summed E-state index contributed by atoms with van der Waals surface area (Å²) in [4.78, 5) is 16.3. The van der Waals surface area contributed by atoms with Gasteiger partial charge in [0.15, 0.2) is 11.5 Å². The molecule has 8 nitrogen and oxygen atoms in total. The molecule has 1 amide bonds. The Morgan fingerprint density at radius 2 is 1.81 bits per heavy atom. The number of fused-ring (bicyclic) bond motifs is 1. The van der Waals surface area contributed by atoms with E-state index >= 15 is 0 Å². The van der Waals surface area contributed by atoms with E-state index in [0.717, 1.165) is 41.0 Å². The zero-order valence-corrected chi connectivity index (χ0v) is 16.0. The smallest absolute Gasteiger partial charge is 0.231 e. The molecule has 1 saturated heterocycles. The summed E-state index contributed by atoms with van der Waals surface area (Å²) in [7, 11) is -0.373. The maximum atomic E-state index is 12.3. The fourth-order valence-electron chi connectivity index (χ4n) is 3.01. The molecule has 0 saturated carbocycles. The highest BCUT2D eigenvalue weighted by atomic mass is 32.2. The highest BCUT2D eigenvalue weighted by Crippen LogP contribution is 2.32. The van der Waals surface area contributed by atoms with Gasteiger partial charge in [0.2, 0.25) is 22.7 Å². The summed E-state index contributed by atoms with van der Waals surface area (Å²) in [6.45, 7) is 3.81. The minimum Gasteiger partial charge on any atom is -0.454 e. The Balaban J connectivity index is 1.46. The summed E-state index contributed by atoms with van der Waals surface area (Å²) >= 11 is 0. The van der Waals surface area contributed by atoms with Gasteiger partial charge in [-0.3, -0.25) is 9.69 Å². The van der Waals surface area contributed by atoms with E-state index in [1.807, 2.05) is 18.2 Å². The fourth-order valence-corrected chi connectivity index (χ4v) is 3.81. The maximum Gasteiger partial charge on any atom is 0.231 e. The minimum atomic E-state index is -3.34. The first kappa shape index (κ1) is 18.9. The van der Waals surface area contributed by atoms with Gasteiger partial charge < -0.3 is 14.4 Å². The first-order chi connectivity index (χ1) is 12.3. The number of hydrogen-bond donors (Lipinski definition) is 0. The van der Waals surface area contributed by atoms with Crippen molar-refractivity contribution in [3.63, 3.8) is 0 Å². The normalized spacial score (nSPS) is 17.7. The molecule has 2 heterocycles. The molecule has 0 aromatic heterocycles. The number of amides is 1. The molecule has 2 aliphatic rings. The number of carbonyl (C=O) groups excluding carboxylic acids is 1. The molecule has 0 spiro atoms. The van der Waals surface area contributed by atoms with Gasteiger partial charge in [0.25, 0.3) is 0 Å². The highest BCUT2D eigenvalue weighted by molar-refractivity contribution is 7.89. The van der Waals surface area contributed by atoms with Crippen molar-refractivity contribution >= 4 is 15.9 Å². The fraction of sp³-hybridized carbons (Fsp3) is 0.588. The van der Waals surface area contributed by atoms with Gasteiger partial charge in [-0.15, -0.1) is 0 Å². The van der Waals surface area contributed by atoms with Crippen LogP contribution in [0.3, 0.4) is 0 Å². The van der Waals surface area contributed by atoms with Crippen LogP contribution in [0.15, 0.2) is 18.2 Å². The molecule has 1 aromatic rings. The van der Waals surface area contributed by atoms with Crippen molar-refractivity contribution in [2.45, 2.75) is 13.0 Å². The lowest BCUT2D eigenvalue weighted by atomic mass is 10.1. The molecule has 0 radical (unpaired) electrons. The van der Waals surface area contributed by atoms with E-state index in [0.29, 0.717) is 13.1 Å². The monoisotopic (exact) mass is 383 g/mol. The van der Waals surface area contributed by atoms with Crippen LogP contribution in [0.1, 0.15) is 12.0 Å². The Bertz CT molecular complexity index is 758. The third kappa shape index (κ3) is 4.46. The lowest BCUT2D eigenvalue weighted by molar-refractivity contribution is -0.132. The molecule has 0 bridgehead atoms. The molecule has 26 heavy (non-hydrogen) atoms. The SMILES string of the molecule is CN(C)S(=O)(=O)CCC(=O)N1CCN(Cc2ccc3c(c2)OCO3)CC1. The molecular weight excluding hydrogens is 358 g/mol. The number of ether oxygens (including phenoxy) is 2. The summed E-state index contributed by atoms with van der Waals surface area (Å²) in [6, 6.07) is 5.94. The van der Waals surface area contributed by atoms with E-state index in [-0.39, 0.29) is 24.9 Å². The van der Waals surface area contributed by atoms with Crippen LogP contribution in [0.25, 0.3) is 0 Å². The van der Waals surface area contributed by atoms with Crippen LogP contribution in [-0.2, 0) is 21.4 Å². The summed E-state index contributed by atoms with van der Waals surface area (Å²) < 4.78 is 35.4. The van der Waals surface area contributed by atoms with Crippen LogP contribution in [-0.4, -0.2) is 81.3 Å². The predicted octanol–water partition coefficient (Wildman–Crippen LogP) is 0.341. The van der Waals surface area contributed by atoms with Gasteiger partial charge in [-0.25, -0.2) is 12.7 Å². The largest absolute Gasteiger partial charge is 0.454 e. The second-order valence-corrected chi connectivity index (χ2v) is 9.00. The first-order valence-electron chi connectivity index (χ1n) is 8.64. The van der Waals surface area contributed by atoms with E-state index in [4.69, 9.17) is 9.47 Å². The van der Waals surface area contributed by atoms with Crippen molar-refractivity contribution in [2.75, 3.05) is 52.8 Å². The van der Waals surface area contributed by atoms with Crippen molar-refractivity contribution in [2.24, 2.45) is 0 Å². The number of benzene rings is 1. The Morgan fingerprint density at radius 1 is 1.12 bits per heavy atom. The lowest BCUT2D eigenvalue weighted by Crippen LogP contribution is -2.48. The second kappa shape index (κ2) is 7.81. The maximum absolute atomic E-state index is 12.3. The first-order valence-corrected chi connectivity index (χ1v) is 10.2. The third-order valence-corrected chi connectivity index (χ3v) is 6.53. The van der Waals surface area contributed by atoms with E-state index in [9.17, 15) is 13.2 Å². The molecule has 0 N–H and O–H groups in total. The molecular formula is C17H25N3O5S.